The Morgan fingerprint density at radius 1 is 1.04 bits per heavy atom. The minimum absolute atomic E-state index is 0.192. The number of carbonyl (C=O) groups excluding carboxylic acids is 1. The molecule has 0 aliphatic heterocycles. The van der Waals surface area contributed by atoms with Gasteiger partial charge in [0.1, 0.15) is 5.76 Å². The highest BCUT2D eigenvalue weighted by molar-refractivity contribution is 6.30. The van der Waals surface area contributed by atoms with Gasteiger partial charge in [-0.3, -0.25) is 4.79 Å². The number of rotatable bonds is 5. The second-order valence-electron chi connectivity index (χ2n) is 5.36. The summed E-state index contributed by atoms with van der Waals surface area (Å²) in [5.74, 6) is -0.592. The number of benzene rings is 2. The molecule has 6 heteroatoms. The van der Waals surface area contributed by atoms with Crippen molar-refractivity contribution < 1.29 is 19.1 Å². The first-order valence-electron chi connectivity index (χ1n) is 7.49. The summed E-state index contributed by atoms with van der Waals surface area (Å²) in [4.78, 5) is 23.0. The quantitative estimate of drug-likeness (QED) is 0.717. The second kappa shape index (κ2) is 7.23. The van der Waals surface area contributed by atoms with E-state index in [1.54, 1.807) is 42.5 Å². The maximum absolute atomic E-state index is 12.2. The van der Waals surface area contributed by atoms with E-state index < -0.39 is 5.97 Å². The molecule has 3 aromatic rings. The molecular weight excluding hydrogens is 342 g/mol. The van der Waals surface area contributed by atoms with Crippen molar-refractivity contribution in [1.29, 1.82) is 0 Å². The van der Waals surface area contributed by atoms with Gasteiger partial charge in [0, 0.05) is 17.1 Å². The van der Waals surface area contributed by atoms with E-state index in [0.717, 1.165) is 11.1 Å². The van der Waals surface area contributed by atoms with Crippen LogP contribution in [0.3, 0.4) is 0 Å². The molecule has 0 atom stereocenters. The lowest BCUT2D eigenvalue weighted by Gasteiger charge is -2.04. The van der Waals surface area contributed by atoms with Gasteiger partial charge in [-0.1, -0.05) is 35.9 Å². The average molecular weight is 356 g/mol. The van der Waals surface area contributed by atoms with Crippen molar-refractivity contribution in [3.8, 4) is 11.3 Å². The molecule has 25 heavy (non-hydrogen) atoms. The summed E-state index contributed by atoms with van der Waals surface area (Å²) in [6, 6.07) is 16.8. The van der Waals surface area contributed by atoms with E-state index in [2.05, 4.69) is 5.32 Å². The molecule has 0 saturated heterocycles. The zero-order valence-electron chi connectivity index (χ0n) is 13.0. The topological polar surface area (TPSA) is 79.5 Å². The van der Waals surface area contributed by atoms with E-state index >= 15 is 0 Å². The number of hydrogen-bond acceptors (Lipinski definition) is 3. The average Bonchev–Trinajstić information content (AvgIpc) is 3.10. The monoisotopic (exact) mass is 355 g/mol. The van der Waals surface area contributed by atoms with E-state index in [1.165, 1.54) is 12.1 Å². The SMILES string of the molecule is O=C(O)c1ccc(CNC(=O)c2ccc(-c3cccc(Cl)c3)o2)cc1. The first kappa shape index (κ1) is 16.8. The molecule has 2 aromatic carbocycles. The van der Waals surface area contributed by atoms with Gasteiger partial charge in [-0.05, 0) is 42.0 Å². The Labute approximate surface area is 148 Å². The molecule has 5 nitrogen and oxygen atoms in total. The molecule has 0 aliphatic rings. The molecule has 1 amide bonds. The smallest absolute Gasteiger partial charge is 0.335 e. The molecule has 1 heterocycles. The Bertz CT molecular complexity index is 915. The van der Waals surface area contributed by atoms with Gasteiger partial charge in [-0.25, -0.2) is 4.79 Å². The van der Waals surface area contributed by atoms with Gasteiger partial charge in [0.05, 0.1) is 5.56 Å². The maximum atomic E-state index is 12.2. The number of nitrogens with one attached hydrogen (secondary N) is 1. The van der Waals surface area contributed by atoms with Crippen molar-refractivity contribution in [2.45, 2.75) is 6.54 Å². The van der Waals surface area contributed by atoms with Crippen LogP contribution in [-0.4, -0.2) is 17.0 Å². The third-order valence-electron chi connectivity index (χ3n) is 3.59. The van der Waals surface area contributed by atoms with Crippen LogP contribution in [0.15, 0.2) is 65.1 Å². The van der Waals surface area contributed by atoms with Gasteiger partial charge < -0.3 is 14.8 Å². The van der Waals surface area contributed by atoms with E-state index in [9.17, 15) is 9.59 Å². The number of carbonyl (C=O) groups is 2. The third kappa shape index (κ3) is 4.08. The summed E-state index contributed by atoms with van der Waals surface area (Å²) in [6.07, 6.45) is 0. The molecule has 126 valence electrons. The van der Waals surface area contributed by atoms with E-state index in [1.807, 2.05) is 6.07 Å². The second-order valence-corrected chi connectivity index (χ2v) is 5.80. The lowest BCUT2D eigenvalue weighted by Crippen LogP contribution is -2.22. The standard InChI is InChI=1S/C19H14ClNO4/c20-15-3-1-2-14(10-15)16-8-9-17(25-16)18(22)21-11-12-4-6-13(7-5-12)19(23)24/h1-10H,11H2,(H,21,22)(H,23,24). The Kier molecular flexibility index (Phi) is 4.86. The molecule has 0 radical (unpaired) electrons. The van der Waals surface area contributed by atoms with E-state index in [4.69, 9.17) is 21.1 Å². The number of halogens is 1. The normalized spacial score (nSPS) is 10.4. The van der Waals surface area contributed by atoms with Crippen molar-refractivity contribution in [3.05, 3.63) is 82.6 Å². The number of aromatic carboxylic acids is 1. The minimum Gasteiger partial charge on any atom is -0.478 e. The van der Waals surface area contributed by atoms with Crippen LogP contribution < -0.4 is 5.32 Å². The number of furan rings is 1. The van der Waals surface area contributed by atoms with Crippen molar-refractivity contribution in [3.63, 3.8) is 0 Å². The largest absolute Gasteiger partial charge is 0.478 e. The number of amides is 1. The molecule has 3 rings (SSSR count). The Hall–Kier alpha value is -3.05. The molecule has 0 spiro atoms. The van der Waals surface area contributed by atoms with Crippen LogP contribution in [0.1, 0.15) is 26.5 Å². The minimum atomic E-state index is -0.986. The molecule has 0 bridgehead atoms. The first-order chi connectivity index (χ1) is 12.0. The number of carboxylic acids is 1. The van der Waals surface area contributed by atoms with Crippen molar-refractivity contribution in [2.24, 2.45) is 0 Å². The predicted octanol–water partition coefficient (Wildman–Crippen LogP) is 4.23. The van der Waals surface area contributed by atoms with Gasteiger partial charge in [0.15, 0.2) is 5.76 Å². The summed E-state index contributed by atoms with van der Waals surface area (Å²) >= 11 is 5.95. The number of carboxylic acid groups (broad SMARTS) is 1. The molecule has 0 saturated carbocycles. The predicted molar refractivity (Wildman–Crippen MR) is 93.7 cm³/mol. The molecule has 1 aromatic heterocycles. The lowest BCUT2D eigenvalue weighted by atomic mass is 10.1. The van der Waals surface area contributed by atoms with E-state index in [-0.39, 0.29) is 23.8 Å². The lowest BCUT2D eigenvalue weighted by molar-refractivity contribution is 0.0696. The highest BCUT2D eigenvalue weighted by Gasteiger charge is 2.12. The van der Waals surface area contributed by atoms with Gasteiger partial charge >= 0.3 is 5.97 Å². The summed E-state index contributed by atoms with van der Waals surface area (Å²) in [5, 5.41) is 12.2. The van der Waals surface area contributed by atoms with Crippen molar-refractivity contribution in [2.75, 3.05) is 0 Å². The summed E-state index contributed by atoms with van der Waals surface area (Å²) in [5.41, 5.74) is 1.78. The van der Waals surface area contributed by atoms with Gasteiger partial charge in [0.2, 0.25) is 0 Å². The number of hydrogen-bond donors (Lipinski definition) is 2. The molecule has 0 fully saturated rings. The van der Waals surface area contributed by atoms with Crippen molar-refractivity contribution >= 4 is 23.5 Å². The summed E-state index contributed by atoms with van der Waals surface area (Å²) in [6.45, 7) is 0.270. The first-order valence-corrected chi connectivity index (χ1v) is 7.87. The fourth-order valence-corrected chi connectivity index (χ4v) is 2.48. The third-order valence-corrected chi connectivity index (χ3v) is 3.83. The fraction of sp³-hybridized carbons (Fsp3) is 0.0526. The highest BCUT2D eigenvalue weighted by Crippen LogP contribution is 2.24. The maximum Gasteiger partial charge on any atom is 0.335 e. The summed E-state index contributed by atoms with van der Waals surface area (Å²) < 4.78 is 5.58. The highest BCUT2D eigenvalue weighted by atomic mass is 35.5. The van der Waals surface area contributed by atoms with Gasteiger partial charge in [-0.15, -0.1) is 0 Å². The van der Waals surface area contributed by atoms with Crippen LogP contribution in [0.5, 0.6) is 0 Å². The molecule has 0 unspecified atom stereocenters. The zero-order valence-corrected chi connectivity index (χ0v) is 13.8. The molecule has 2 N–H and O–H groups in total. The van der Waals surface area contributed by atoms with Crippen LogP contribution in [0.25, 0.3) is 11.3 Å². The van der Waals surface area contributed by atoms with Crippen LogP contribution >= 0.6 is 11.6 Å². The van der Waals surface area contributed by atoms with Gasteiger partial charge in [-0.2, -0.15) is 0 Å². The Morgan fingerprint density at radius 2 is 1.80 bits per heavy atom. The zero-order chi connectivity index (χ0) is 17.8. The molecular formula is C19H14ClNO4. The Balaban J connectivity index is 1.65. The van der Waals surface area contributed by atoms with Crippen molar-refractivity contribution in [1.82, 2.24) is 5.32 Å². The van der Waals surface area contributed by atoms with E-state index in [0.29, 0.717) is 10.8 Å². The van der Waals surface area contributed by atoms with Crippen LogP contribution in [0.4, 0.5) is 0 Å². The van der Waals surface area contributed by atoms with Gasteiger partial charge in [0.25, 0.3) is 5.91 Å². The van der Waals surface area contributed by atoms with Crippen LogP contribution in [0, 0.1) is 0 Å². The fourth-order valence-electron chi connectivity index (χ4n) is 2.29. The Morgan fingerprint density at radius 3 is 2.48 bits per heavy atom. The summed E-state index contributed by atoms with van der Waals surface area (Å²) in [7, 11) is 0. The van der Waals surface area contributed by atoms with Crippen LogP contribution in [-0.2, 0) is 6.54 Å². The van der Waals surface area contributed by atoms with Crippen LogP contribution in [0.2, 0.25) is 5.02 Å². The molecule has 0 aliphatic carbocycles.